The molecule has 156 valence electrons. The largest absolute Gasteiger partial charge is 0.357 e. The highest BCUT2D eigenvalue weighted by Crippen LogP contribution is 2.31. The summed E-state index contributed by atoms with van der Waals surface area (Å²) in [6, 6.07) is 3.98. The minimum absolute atomic E-state index is 0.302. The lowest BCUT2D eigenvalue weighted by Gasteiger charge is -2.19. The van der Waals surface area contributed by atoms with Crippen molar-refractivity contribution in [3.63, 3.8) is 0 Å². The van der Waals surface area contributed by atoms with Gasteiger partial charge in [0.1, 0.15) is 6.04 Å². The van der Waals surface area contributed by atoms with Crippen molar-refractivity contribution in [1.82, 2.24) is 19.8 Å². The topological polar surface area (TPSA) is 91.0 Å². The van der Waals surface area contributed by atoms with Gasteiger partial charge in [0.15, 0.2) is 0 Å². The molecule has 0 aromatic carbocycles. The first-order valence-corrected chi connectivity index (χ1v) is 9.30. The lowest BCUT2D eigenvalue weighted by Crippen LogP contribution is -2.43. The maximum absolute atomic E-state index is 13.5. The Morgan fingerprint density at radius 1 is 1.43 bits per heavy atom. The molecule has 9 heteroatoms. The van der Waals surface area contributed by atoms with Crippen molar-refractivity contribution in [2.45, 2.75) is 25.3 Å². The van der Waals surface area contributed by atoms with Crippen molar-refractivity contribution in [3.05, 3.63) is 53.6 Å². The average Bonchev–Trinajstić information content (AvgIpc) is 3.28. The van der Waals surface area contributed by atoms with E-state index >= 15 is 0 Å². The summed E-state index contributed by atoms with van der Waals surface area (Å²) in [4.78, 5) is 29.8. The molecule has 2 aromatic rings. The highest BCUT2D eigenvalue weighted by Gasteiger charge is 2.47. The number of nitrogens with one attached hydrogen (secondary N) is 1. The van der Waals surface area contributed by atoms with Crippen LogP contribution in [0, 0.1) is 11.3 Å². The number of hydrogen-bond donors (Lipinski definition) is 1. The van der Waals surface area contributed by atoms with E-state index in [4.69, 9.17) is 5.26 Å². The van der Waals surface area contributed by atoms with Crippen LogP contribution >= 0.6 is 0 Å². The number of rotatable bonds is 5. The first-order chi connectivity index (χ1) is 14.2. The predicted octanol–water partition coefficient (Wildman–Crippen LogP) is 2.47. The van der Waals surface area contributed by atoms with Crippen molar-refractivity contribution in [1.29, 1.82) is 5.26 Å². The normalized spacial score (nSPS) is 18.2. The molecular weight excluding hydrogens is 392 g/mol. The number of nitriles is 1. The van der Waals surface area contributed by atoms with Crippen molar-refractivity contribution in [2.75, 3.05) is 13.1 Å². The summed E-state index contributed by atoms with van der Waals surface area (Å²) < 4.78 is 29.0. The SMILES string of the molecule is C/C(=C\c1cnccc1C(=O)NCC(=O)N1CC(F)(F)C[C@H]1C#N)c1ccn(C)c1. The zero-order chi connectivity index (χ0) is 21.9. The quantitative estimate of drug-likeness (QED) is 0.815. The lowest BCUT2D eigenvalue weighted by atomic mass is 10.0. The van der Waals surface area contributed by atoms with E-state index in [9.17, 15) is 18.4 Å². The maximum atomic E-state index is 13.5. The summed E-state index contributed by atoms with van der Waals surface area (Å²) in [7, 11) is 1.91. The minimum Gasteiger partial charge on any atom is -0.357 e. The molecule has 2 amide bonds. The van der Waals surface area contributed by atoms with E-state index in [0.29, 0.717) is 11.1 Å². The van der Waals surface area contributed by atoms with E-state index in [1.165, 1.54) is 18.5 Å². The Morgan fingerprint density at radius 2 is 2.20 bits per heavy atom. The number of halogens is 2. The number of amides is 2. The molecule has 1 atom stereocenters. The van der Waals surface area contributed by atoms with Crippen LogP contribution in [-0.2, 0) is 11.8 Å². The fourth-order valence-corrected chi connectivity index (χ4v) is 3.33. The Hall–Kier alpha value is -3.54. The molecule has 7 nitrogen and oxygen atoms in total. The molecular formula is C21H21F2N5O2. The van der Waals surface area contributed by atoms with Gasteiger partial charge in [0.2, 0.25) is 5.91 Å². The highest BCUT2D eigenvalue weighted by molar-refractivity contribution is 6.00. The molecule has 1 N–H and O–H groups in total. The van der Waals surface area contributed by atoms with E-state index in [1.54, 1.807) is 6.07 Å². The van der Waals surface area contributed by atoms with Gasteiger partial charge in [-0.2, -0.15) is 5.26 Å². The van der Waals surface area contributed by atoms with Crippen LogP contribution in [-0.4, -0.2) is 51.3 Å². The average molecular weight is 413 g/mol. The Balaban J connectivity index is 1.71. The zero-order valence-electron chi connectivity index (χ0n) is 16.6. The Kier molecular flexibility index (Phi) is 5.96. The van der Waals surface area contributed by atoms with Crippen LogP contribution in [0.4, 0.5) is 8.78 Å². The second-order valence-corrected chi connectivity index (χ2v) is 7.27. The van der Waals surface area contributed by atoms with Crippen LogP contribution in [0.3, 0.4) is 0 Å². The van der Waals surface area contributed by atoms with Gasteiger partial charge in [-0.3, -0.25) is 14.6 Å². The molecule has 1 fully saturated rings. The van der Waals surface area contributed by atoms with Gasteiger partial charge >= 0.3 is 0 Å². The van der Waals surface area contributed by atoms with Crippen molar-refractivity contribution >= 4 is 23.5 Å². The van der Waals surface area contributed by atoms with Crippen LogP contribution in [0.1, 0.15) is 34.8 Å². The molecule has 0 aliphatic carbocycles. The lowest BCUT2D eigenvalue weighted by molar-refractivity contribution is -0.131. The van der Waals surface area contributed by atoms with E-state index in [1.807, 2.05) is 43.1 Å². The first-order valence-electron chi connectivity index (χ1n) is 9.30. The molecule has 3 heterocycles. The van der Waals surface area contributed by atoms with Gasteiger partial charge in [0.05, 0.1) is 19.2 Å². The predicted molar refractivity (Wildman–Crippen MR) is 106 cm³/mol. The number of hydrogen-bond acceptors (Lipinski definition) is 4. The number of carbonyl (C=O) groups excluding carboxylic acids is 2. The molecule has 2 aromatic heterocycles. The third-order valence-corrected chi connectivity index (χ3v) is 4.90. The van der Waals surface area contributed by atoms with Crippen LogP contribution in [0.25, 0.3) is 11.6 Å². The summed E-state index contributed by atoms with van der Waals surface area (Å²) in [5, 5.41) is 11.5. The van der Waals surface area contributed by atoms with Crippen LogP contribution in [0.15, 0.2) is 36.9 Å². The number of likely N-dealkylation sites (tertiary alicyclic amines) is 1. The van der Waals surface area contributed by atoms with Gasteiger partial charge in [-0.15, -0.1) is 0 Å². The number of pyridine rings is 1. The Morgan fingerprint density at radius 3 is 2.87 bits per heavy atom. The van der Waals surface area contributed by atoms with Gasteiger partial charge in [-0.1, -0.05) is 0 Å². The Labute approximate surface area is 172 Å². The summed E-state index contributed by atoms with van der Waals surface area (Å²) >= 11 is 0. The van der Waals surface area contributed by atoms with Crippen molar-refractivity contribution in [3.8, 4) is 6.07 Å². The fourth-order valence-electron chi connectivity index (χ4n) is 3.33. The highest BCUT2D eigenvalue weighted by atomic mass is 19.3. The zero-order valence-corrected chi connectivity index (χ0v) is 16.6. The van der Waals surface area contributed by atoms with Gasteiger partial charge in [0, 0.05) is 49.4 Å². The standard InChI is InChI=1S/C21H21F2N5O2/c1-14(15-4-6-27(2)12-15)7-16-10-25-5-3-18(16)20(30)26-11-19(29)28-13-21(22,23)8-17(28)9-24/h3-7,10,12,17H,8,11,13H2,1-2H3,(H,26,30)/b14-7+/t17-/m0/s1. The number of alkyl halides is 2. The van der Waals surface area contributed by atoms with Crippen LogP contribution < -0.4 is 5.32 Å². The number of aromatic nitrogens is 2. The fraction of sp³-hybridized carbons (Fsp3) is 0.333. The van der Waals surface area contributed by atoms with Crippen molar-refractivity contribution < 1.29 is 18.4 Å². The number of nitrogens with zero attached hydrogens (tertiary/aromatic N) is 4. The molecule has 3 rings (SSSR count). The third-order valence-electron chi connectivity index (χ3n) is 4.90. The van der Waals surface area contributed by atoms with Gasteiger partial charge in [-0.05, 0) is 36.3 Å². The Bertz CT molecular complexity index is 1040. The van der Waals surface area contributed by atoms with Gasteiger partial charge in [0.25, 0.3) is 11.8 Å². The molecule has 1 aliphatic rings. The van der Waals surface area contributed by atoms with E-state index in [0.717, 1.165) is 16.0 Å². The minimum atomic E-state index is -3.10. The molecule has 1 aliphatic heterocycles. The number of carbonyl (C=O) groups is 2. The first kappa shape index (κ1) is 21.2. The summed E-state index contributed by atoms with van der Waals surface area (Å²) in [5.41, 5.74) is 2.77. The van der Waals surface area contributed by atoms with E-state index < -0.39 is 43.3 Å². The van der Waals surface area contributed by atoms with Gasteiger partial charge in [-0.25, -0.2) is 8.78 Å². The maximum Gasteiger partial charge on any atom is 0.268 e. The van der Waals surface area contributed by atoms with Gasteiger partial charge < -0.3 is 14.8 Å². The van der Waals surface area contributed by atoms with Crippen LogP contribution in [0.2, 0.25) is 0 Å². The second kappa shape index (κ2) is 8.45. The summed E-state index contributed by atoms with van der Waals surface area (Å²) in [6.07, 6.45) is 7.96. The number of aryl methyl sites for hydroxylation is 1. The van der Waals surface area contributed by atoms with E-state index in [2.05, 4.69) is 10.3 Å². The van der Waals surface area contributed by atoms with Crippen molar-refractivity contribution in [2.24, 2.45) is 7.05 Å². The number of allylic oxidation sites excluding steroid dienone is 1. The molecule has 0 saturated carbocycles. The smallest absolute Gasteiger partial charge is 0.268 e. The molecule has 0 radical (unpaired) electrons. The molecule has 0 unspecified atom stereocenters. The summed E-state index contributed by atoms with van der Waals surface area (Å²) in [5.74, 6) is -4.35. The monoisotopic (exact) mass is 413 g/mol. The molecule has 0 spiro atoms. The third kappa shape index (κ3) is 4.71. The van der Waals surface area contributed by atoms with Crippen LogP contribution in [0.5, 0.6) is 0 Å². The van der Waals surface area contributed by atoms with E-state index in [-0.39, 0.29) is 0 Å². The molecule has 0 bridgehead atoms. The summed E-state index contributed by atoms with van der Waals surface area (Å²) in [6.45, 7) is 0.610. The molecule has 1 saturated heterocycles. The molecule has 30 heavy (non-hydrogen) atoms. The second-order valence-electron chi connectivity index (χ2n) is 7.27.